The Morgan fingerprint density at radius 2 is 1.64 bits per heavy atom. The number of nitrogens with one attached hydrogen (secondary N) is 2. The molecule has 0 atom stereocenters. The molecule has 3 aromatic carbocycles. The molecule has 0 radical (unpaired) electrons. The van der Waals surface area contributed by atoms with Crippen molar-refractivity contribution in [2.45, 2.75) is 6.42 Å². The van der Waals surface area contributed by atoms with E-state index in [0.29, 0.717) is 22.5 Å². The molecule has 1 amide bonds. The number of methoxy groups -OCH3 is 1. The van der Waals surface area contributed by atoms with E-state index in [1.54, 1.807) is 18.2 Å². The van der Waals surface area contributed by atoms with Gasteiger partial charge in [0.05, 0.1) is 29.6 Å². The number of carbonyl (C=O) groups is 2. The first-order valence-corrected chi connectivity index (χ1v) is 11.9. The van der Waals surface area contributed by atoms with Crippen LogP contribution in [0.1, 0.15) is 27.9 Å². The highest BCUT2D eigenvalue weighted by molar-refractivity contribution is 6.37. The maximum absolute atomic E-state index is 13.1. The van der Waals surface area contributed by atoms with Gasteiger partial charge in [-0.15, -0.1) is 0 Å². The van der Waals surface area contributed by atoms with Crippen molar-refractivity contribution in [3.63, 3.8) is 0 Å². The fourth-order valence-electron chi connectivity index (χ4n) is 4.25. The summed E-state index contributed by atoms with van der Waals surface area (Å²) in [6, 6.07) is 23.1. The van der Waals surface area contributed by atoms with Gasteiger partial charge < -0.3 is 25.2 Å². The summed E-state index contributed by atoms with van der Waals surface area (Å²) >= 11 is 0. The van der Waals surface area contributed by atoms with Gasteiger partial charge in [-0.3, -0.25) is 4.79 Å². The average molecular weight is 485 g/mol. The minimum absolute atomic E-state index is 0.226. The monoisotopic (exact) mass is 484 g/mol. The zero-order valence-electron chi connectivity index (χ0n) is 21.2. The fraction of sp³-hybridized carbons (Fsp3) is 0.241. The molecule has 4 rings (SSSR count). The van der Waals surface area contributed by atoms with Gasteiger partial charge >= 0.3 is 5.97 Å². The molecule has 0 fully saturated rings. The molecule has 3 aromatic rings. The van der Waals surface area contributed by atoms with Crippen molar-refractivity contribution >= 4 is 40.2 Å². The van der Waals surface area contributed by atoms with Crippen molar-refractivity contribution in [1.82, 2.24) is 4.90 Å². The van der Waals surface area contributed by atoms with Crippen LogP contribution in [-0.2, 0) is 9.53 Å². The third kappa shape index (κ3) is 5.58. The lowest BCUT2D eigenvalue weighted by Crippen LogP contribution is -2.23. The van der Waals surface area contributed by atoms with Gasteiger partial charge in [0.25, 0.3) is 5.91 Å². The SMILES string of the molecule is COC(=O)c1ccc2c(c1)NC(=O)/C2=C(\Nc1ccc(N(C)CCCN(C)C)cc1)c1ccccc1. The molecule has 0 bridgehead atoms. The lowest BCUT2D eigenvalue weighted by molar-refractivity contribution is -0.110. The number of carbonyl (C=O) groups excluding carboxylic acids is 2. The Balaban J connectivity index is 1.66. The van der Waals surface area contributed by atoms with Crippen LogP contribution in [0.3, 0.4) is 0 Å². The van der Waals surface area contributed by atoms with Crippen molar-refractivity contribution in [3.05, 3.63) is 89.5 Å². The Morgan fingerprint density at radius 3 is 2.31 bits per heavy atom. The summed E-state index contributed by atoms with van der Waals surface area (Å²) in [6.07, 6.45) is 1.08. The summed E-state index contributed by atoms with van der Waals surface area (Å²) in [7, 11) is 7.60. The van der Waals surface area contributed by atoms with E-state index in [2.05, 4.69) is 53.7 Å². The topological polar surface area (TPSA) is 73.9 Å². The Labute approximate surface area is 212 Å². The molecule has 36 heavy (non-hydrogen) atoms. The standard InChI is InChI=1S/C29H32N4O3/c1-32(2)17-8-18-33(3)23-14-12-22(13-15-23)30-27(20-9-6-5-7-10-20)26-24-16-11-21(29(35)36-4)19-25(24)31-28(26)34/h5-7,9-16,19,30H,8,17-18H2,1-4H3,(H,31,34)/b27-26-. The smallest absolute Gasteiger partial charge is 0.337 e. The molecule has 0 saturated carbocycles. The first kappa shape index (κ1) is 25.0. The van der Waals surface area contributed by atoms with Crippen LogP contribution in [0.25, 0.3) is 11.3 Å². The van der Waals surface area contributed by atoms with Crippen LogP contribution in [0.5, 0.6) is 0 Å². The van der Waals surface area contributed by atoms with Crippen LogP contribution in [0, 0.1) is 0 Å². The van der Waals surface area contributed by atoms with Gasteiger partial charge in [-0.1, -0.05) is 36.4 Å². The normalized spacial score (nSPS) is 13.8. The van der Waals surface area contributed by atoms with E-state index in [4.69, 9.17) is 4.74 Å². The second-order valence-corrected chi connectivity index (χ2v) is 9.07. The summed E-state index contributed by atoms with van der Waals surface area (Å²) in [4.78, 5) is 29.5. The molecule has 1 aliphatic heterocycles. The molecule has 1 heterocycles. The van der Waals surface area contributed by atoms with E-state index in [9.17, 15) is 9.59 Å². The summed E-state index contributed by atoms with van der Waals surface area (Å²) < 4.78 is 4.82. The van der Waals surface area contributed by atoms with E-state index in [1.807, 2.05) is 42.5 Å². The minimum atomic E-state index is -0.447. The number of benzene rings is 3. The van der Waals surface area contributed by atoms with Gasteiger partial charge in [-0.25, -0.2) is 4.79 Å². The highest BCUT2D eigenvalue weighted by Crippen LogP contribution is 2.38. The number of fused-ring (bicyclic) bond motifs is 1. The Morgan fingerprint density at radius 1 is 0.917 bits per heavy atom. The van der Waals surface area contributed by atoms with Crippen LogP contribution in [-0.4, -0.2) is 58.1 Å². The summed E-state index contributed by atoms with van der Waals surface area (Å²) in [5.41, 5.74) is 5.82. The number of hydrogen-bond donors (Lipinski definition) is 2. The molecule has 186 valence electrons. The van der Waals surface area contributed by atoms with Gasteiger partial charge in [0.2, 0.25) is 0 Å². The number of anilines is 3. The van der Waals surface area contributed by atoms with E-state index in [-0.39, 0.29) is 5.91 Å². The number of ether oxygens (including phenoxy) is 1. The van der Waals surface area contributed by atoms with Crippen LogP contribution in [0.2, 0.25) is 0 Å². The van der Waals surface area contributed by atoms with Crippen molar-refractivity contribution in [2.75, 3.05) is 56.9 Å². The Bertz CT molecular complexity index is 1270. The molecule has 7 heteroatoms. The van der Waals surface area contributed by atoms with E-state index in [1.165, 1.54) is 7.11 Å². The van der Waals surface area contributed by atoms with Crippen LogP contribution in [0.15, 0.2) is 72.8 Å². The van der Waals surface area contributed by atoms with Crippen molar-refractivity contribution < 1.29 is 14.3 Å². The second kappa shape index (κ2) is 11.1. The molecule has 1 aliphatic rings. The van der Waals surface area contributed by atoms with Crippen LogP contribution in [0.4, 0.5) is 17.1 Å². The number of hydrogen-bond acceptors (Lipinski definition) is 6. The van der Waals surface area contributed by atoms with Gasteiger partial charge in [-0.05, 0) is 69.0 Å². The predicted molar refractivity (Wildman–Crippen MR) is 146 cm³/mol. The number of nitrogens with zero attached hydrogens (tertiary/aromatic N) is 2. The first-order chi connectivity index (χ1) is 17.4. The van der Waals surface area contributed by atoms with Crippen molar-refractivity contribution in [3.8, 4) is 0 Å². The zero-order valence-corrected chi connectivity index (χ0v) is 21.2. The van der Waals surface area contributed by atoms with Crippen LogP contribution >= 0.6 is 0 Å². The lowest BCUT2D eigenvalue weighted by atomic mass is 9.99. The second-order valence-electron chi connectivity index (χ2n) is 9.07. The summed E-state index contributed by atoms with van der Waals surface area (Å²) in [5, 5.41) is 6.38. The molecular weight excluding hydrogens is 452 g/mol. The number of amides is 1. The third-order valence-corrected chi connectivity index (χ3v) is 6.17. The molecule has 2 N–H and O–H groups in total. The van der Waals surface area contributed by atoms with E-state index >= 15 is 0 Å². The molecular formula is C29H32N4O3. The average Bonchev–Trinajstić information content (AvgIpc) is 3.22. The first-order valence-electron chi connectivity index (χ1n) is 11.9. The van der Waals surface area contributed by atoms with Crippen molar-refractivity contribution in [2.24, 2.45) is 0 Å². The van der Waals surface area contributed by atoms with Crippen molar-refractivity contribution in [1.29, 1.82) is 0 Å². The maximum atomic E-state index is 13.1. The van der Waals surface area contributed by atoms with Gasteiger partial charge in [0.15, 0.2) is 0 Å². The number of rotatable bonds is 9. The highest BCUT2D eigenvalue weighted by atomic mass is 16.5. The number of esters is 1. The Hall–Kier alpha value is -4.10. The van der Waals surface area contributed by atoms with Gasteiger partial charge in [0, 0.05) is 30.5 Å². The maximum Gasteiger partial charge on any atom is 0.337 e. The zero-order chi connectivity index (χ0) is 25.7. The largest absolute Gasteiger partial charge is 0.465 e. The van der Waals surface area contributed by atoms with E-state index in [0.717, 1.165) is 42.0 Å². The molecule has 0 aliphatic carbocycles. The molecule has 0 saturated heterocycles. The summed E-state index contributed by atoms with van der Waals surface area (Å²) in [6.45, 7) is 2.01. The molecule has 0 aromatic heterocycles. The van der Waals surface area contributed by atoms with Gasteiger partial charge in [0.1, 0.15) is 0 Å². The lowest BCUT2D eigenvalue weighted by Gasteiger charge is -2.21. The predicted octanol–water partition coefficient (Wildman–Crippen LogP) is 4.79. The summed E-state index contributed by atoms with van der Waals surface area (Å²) in [5.74, 6) is -0.673. The Kier molecular flexibility index (Phi) is 7.71. The quantitative estimate of drug-likeness (QED) is 0.336. The van der Waals surface area contributed by atoms with Crippen LogP contribution < -0.4 is 15.5 Å². The van der Waals surface area contributed by atoms with E-state index < -0.39 is 5.97 Å². The molecule has 7 nitrogen and oxygen atoms in total. The van der Waals surface area contributed by atoms with Gasteiger partial charge in [-0.2, -0.15) is 0 Å². The molecule has 0 spiro atoms. The molecule has 0 unspecified atom stereocenters. The fourth-order valence-corrected chi connectivity index (χ4v) is 4.25. The highest BCUT2D eigenvalue weighted by Gasteiger charge is 2.29. The third-order valence-electron chi connectivity index (χ3n) is 6.17. The minimum Gasteiger partial charge on any atom is -0.465 e.